The molecule has 1 aliphatic heterocycles. The van der Waals surface area contributed by atoms with Crippen molar-refractivity contribution >= 4 is 5.91 Å². The van der Waals surface area contributed by atoms with Gasteiger partial charge in [-0.25, -0.2) is 0 Å². The van der Waals surface area contributed by atoms with Gasteiger partial charge in [0.15, 0.2) is 0 Å². The molecular weight excluding hydrogens is 218 g/mol. The molecule has 0 aromatic rings. The van der Waals surface area contributed by atoms with Crippen LogP contribution in [0.25, 0.3) is 0 Å². The average molecular weight is 243 g/mol. The number of likely N-dealkylation sites (N-methyl/N-ethyl adjacent to an activating group) is 1. The van der Waals surface area contributed by atoms with Crippen molar-refractivity contribution in [2.45, 2.75) is 38.8 Å². The van der Waals surface area contributed by atoms with E-state index < -0.39 is 0 Å². The Labute approximate surface area is 104 Å². The van der Waals surface area contributed by atoms with Crippen LogP contribution in [0.5, 0.6) is 0 Å². The van der Waals surface area contributed by atoms with Crippen molar-refractivity contribution in [3.63, 3.8) is 0 Å². The fourth-order valence-electron chi connectivity index (χ4n) is 2.29. The minimum Gasteiger partial charge on any atom is -0.395 e. The molecule has 1 fully saturated rings. The second-order valence-corrected chi connectivity index (χ2v) is 4.69. The van der Waals surface area contributed by atoms with Crippen molar-refractivity contribution in [2.24, 2.45) is 5.73 Å². The number of carbonyl (C=O) groups excluding carboxylic acids is 1. The molecule has 5 nitrogen and oxygen atoms in total. The summed E-state index contributed by atoms with van der Waals surface area (Å²) in [6, 6.07) is 0.0931. The van der Waals surface area contributed by atoms with Crippen LogP contribution in [-0.4, -0.2) is 65.7 Å². The van der Waals surface area contributed by atoms with Crippen LogP contribution in [0.4, 0.5) is 0 Å². The summed E-state index contributed by atoms with van der Waals surface area (Å²) in [5.74, 6) is 0.159. The molecular formula is C12H25N3O2. The number of aliphatic hydroxyl groups excluding tert-OH is 1. The van der Waals surface area contributed by atoms with Crippen LogP contribution >= 0.6 is 0 Å². The summed E-state index contributed by atoms with van der Waals surface area (Å²) in [7, 11) is 0. The number of amides is 1. The Kier molecular flexibility index (Phi) is 5.88. The monoisotopic (exact) mass is 243 g/mol. The summed E-state index contributed by atoms with van der Waals surface area (Å²) in [6.45, 7) is 6.87. The van der Waals surface area contributed by atoms with Crippen LogP contribution < -0.4 is 5.73 Å². The Balaban J connectivity index is 2.50. The van der Waals surface area contributed by atoms with E-state index in [4.69, 9.17) is 10.8 Å². The van der Waals surface area contributed by atoms with E-state index in [0.717, 1.165) is 32.5 Å². The molecule has 100 valence electrons. The summed E-state index contributed by atoms with van der Waals surface area (Å²) >= 11 is 0. The first-order valence-corrected chi connectivity index (χ1v) is 6.49. The highest BCUT2D eigenvalue weighted by Crippen LogP contribution is 2.11. The van der Waals surface area contributed by atoms with Gasteiger partial charge in [0.2, 0.25) is 5.91 Å². The number of hydrogen-bond acceptors (Lipinski definition) is 4. The summed E-state index contributed by atoms with van der Waals surface area (Å²) in [5.41, 5.74) is 5.83. The SMILES string of the molecule is CCN(CCO)C(C)C(=O)N1CCC(N)CC1. The third-order valence-electron chi connectivity index (χ3n) is 3.55. The third kappa shape index (κ3) is 3.94. The fraction of sp³-hybridized carbons (Fsp3) is 0.917. The van der Waals surface area contributed by atoms with Gasteiger partial charge in [-0.3, -0.25) is 9.69 Å². The van der Waals surface area contributed by atoms with Gasteiger partial charge in [0.25, 0.3) is 0 Å². The van der Waals surface area contributed by atoms with Gasteiger partial charge in [0, 0.05) is 25.7 Å². The van der Waals surface area contributed by atoms with Crippen LogP contribution in [0.3, 0.4) is 0 Å². The zero-order chi connectivity index (χ0) is 12.8. The van der Waals surface area contributed by atoms with E-state index in [1.807, 2.05) is 23.6 Å². The molecule has 3 N–H and O–H groups in total. The van der Waals surface area contributed by atoms with Gasteiger partial charge >= 0.3 is 0 Å². The molecule has 1 amide bonds. The molecule has 1 aliphatic rings. The van der Waals surface area contributed by atoms with Gasteiger partial charge in [-0.1, -0.05) is 6.92 Å². The predicted octanol–water partition coefficient (Wildman–Crippen LogP) is -0.361. The number of likely N-dealkylation sites (tertiary alicyclic amines) is 1. The largest absolute Gasteiger partial charge is 0.395 e. The first kappa shape index (κ1) is 14.4. The molecule has 0 radical (unpaired) electrons. The maximum atomic E-state index is 12.2. The van der Waals surface area contributed by atoms with E-state index in [2.05, 4.69) is 0 Å². The maximum absolute atomic E-state index is 12.2. The summed E-state index contributed by atoms with van der Waals surface area (Å²) in [6.07, 6.45) is 1.79. The lowest BCUT2D eigenvalue weighted by Gasteiger charge is -2.35. The van der Waals surface area contributed by atoms with Gasteiger partial charge in [-0.05, 0) is 26.3 Å². The second-order valence-electron chi connectivity index (χ2n) is 4.69. The molecule has 0 bridgehead atoms. The van der Waals surface area contributed by atoms with E-state index in [1.165, 1.54) is 0 Å². The van der Waals surface area contributed by atoms with Crippen molar-refractivity contribution < 1.29 is 9.90 Å². The van der Waals surface area contributed by atoms with Gasteiger partial charge in [0.05, 0.1) is 12.6 Å². The zero-order valence-corrected chi connectivity index (χ0v) is 10.9. The molecule has 1 unspecified atom stereocenters. The quantitative estimate of drug-likeness (QED) is 0.692. The van der Waals surface area contributed by atoms with Crippen molar-refractivity contribution in [3.05, 3.63) is 0 Å². The highest BCUT2D eigenvalue weighted by atomic mass is 16.3. The number of piperidine rings is 1. The molecule has 0 aromatic carbocycles. The molecule has 0 spiro atoms. The maximum Gasteiger partial charge on any atom is 0.239 e. The van der Waals surface area contributed by atoms with Gasteiger partial charge in [-0.2, -0.15) is 0 Å². The lowest BCUT2D eigenvalue weighted by Crippen LogP contribution is -2.51. The Morgan fingerprint density at radius 2 is 2.12 bits per heavy atom. The van der Waals surface area contributed by atoms with Crippen LogP contribution in [0.2, 0.25) is 0 Å². The van der Waals surface area contributed by atoms with Crippen molar-refractivity contribution in [1.82, 2.24) is 9.80 Å². The lowest BCUT2D eigenvalue weighted by atomic mass is 10.1. The molecule has 17 heavy (non-hydrogen) atoms. The normalized spacial score (nSPS) is 19.7. The van der Waals surface area contributed by atoms with Gasteiger partial charge in [-0.15, -0.1) is 0 Å². The molecule has 0 saturated carbocycles. The number of nitrogens with zero attached hydrogens (tertiary/aromatic N) is 2. The van der Waals surface area contributed by atoms with Crippen molar-refractivity contribution in [3.8, 4) is 0 Å². The van der Waals surface area contributed by atoms with Gasteiger partial charge in [0.1, 0.15) is 0 Å². The lowest BCUT2D eigenvalue weighted by molar-refractivity contribution is -0.137. The zero-order valence-electron chi connectivity index (χ0n) is 10.9. The van der Waals surface area contributed by atoms with E-state index in [0.29, 0.717) is 6.54 Å². The van der Waals surface area contributed by atoms with Crippen molar-refractivity contribution in [1.29, 1.82) is 0 Å². The minimum atomic E-state index is -0.151. The standard InChI is InChI=1S/C12H25N3O2/c1-3-14(8-9-16)10(2)12(17)15-6-4-11(13)5-7-15/h10-11,16H,3-9,13H2,1-2H3. The van der Waals surface area contributed by atoms with E-state index >= 15 is 0 Å². The molecule has 5 heteroatoms. The van der Waals surface area contributed by atoms with Gasteiger partial charge < -0.3 is 15.7 Å². The number of aliphatic hydroxyl groups is 1. The third-order valence-corrected chi connectivity index (χ3v) is 3.55. The Morgan fingerprint density at radius 3 is 2.59 bits per heavy atom. The molecule has 1 heterocycles. The predicted molar refractivity (Wildman–Crippen MR) is 67.6 cm³/mol. The topological polar surface area (TPSA) is 69.8 Å². The molecule has 1 atom stereocenters. The van der Waals surface area contributed by atoms with Crippen molar-refractivity contribution in [2.75, 3.05) is 32.8 Å². The fourth-order valence-corrected chi connectivity index (χ4v) is 2.29. The first-order valence-electron chi connectivity index (χ1n) is 6.49. The molecule has 0 aromatic heterocycles. The summed E-state index contributed by atoms with van der Waals surface area (Å²) in [5, 5.41) is 8.96. The van der Waals surface area contributed by atoms with Crippen LogP contribution in [-0.2, 0) is 4.79 Å². The summed E-state index contributed by atoms with van der Waals surface area (Å²) < 4.78 is 0. The smallest absolute Gasteiger partial charge is 0.239 e. The second kappa shape index (κ2) is 6.93. The number of carbonyl (C=O) groups is 1. The van der Waals surface area contributed by atoms with E-state index in [9.17, 15) is 4.79 Å². The van der Waals surface area contributed by atoms with E-state index in [1.54, 1.807) is 0 Å². The van der Waals surface area contributed by atoms with Crippen LogP contribution in [0.1, 0.15) is 26.7 Å². The Bertz CT molecular complexity index is 240. The number of rotatable bonds is 5. The highest BCUT2D eigenvalue weighted by Gasteiger charge is 2.27. The number of hydrogen-bond donors (Lipinski definition) is 2. The molecule has 1 rings (SSSR count). The Hall–Kier alpha value is -0.650. The highest BCUT2D eigenvalue weighted by molar-refractivity contribution is 5.81. The number of nitrogens with two attached hydrogens (primary N) is 1. The van der Waals surface area contributed by atoms with Crippen LogP contribution in [0.15, 0.2) is 0 Å². The van der Waals surface area contributed by atoms with Crippen LogP contribution in [0, 0.1) is 0 Å². The molecule has 1 saturated heterocycles. The Morgan fingerprint density at radius 1 is 1.53 bits per heavy atom. The first-order chi connectivity index (χ1) is 8.10. The summed E-state index contributed by atoms with van der Waals surface area (Å²) in [4.78, 5) is 16.1. The molecule has 0 aliphatic carbocycles. The minimum absolute atomic E-state index is 0.0936. The van der Waals surface area contributed by atoms with E-state index in [-0.39, 0.29) is 24.6 Å². The average Bonchev–Trinajstić information content (AvgIpc) is 2.35.